The molecule has 1 amide bonds. The van der Waals surface area contributed by atoms with Crippen LogP contribution in [0.3, 0.4) is 0 Å². The number of para-hydroxylation sites is 2. The van der Waals surface area contributed by atoms with Crippen molar-refractivity contribution in [3.63, 3.8) is 0 Å². The van der Waals surface area contributed by atoms with Gasteiger partial charge in [-0.1, -0.05) is 30.3 Å². The fourth-order valence-electron chi connectivity index (χ4n) is 3.76. The van der Waals surface area contributed by atoms with Crippen LogP contribution in [-0.2, 0) is 11.3 Å². The molecule has 1 saturated heterocycles. The topological polar surface area (TPSA) is 55.2 Å². The summed E-state index contributed by atoms with van der Waals surface area (Å²) in [4.78, 5) is 31.4. The zero-order valence-corrected chi connectivity index (χ0v) is 15.1. The Kier molecular flexibility index (Phi) is 4.48. The average molecular weight is 365 g/mol. The summed E-state index contributed by atoms with van der Waals surface area (Å²) in [5.74, 6) is -0.377. The van der Waals surface area contributed by atoms with Crippen molar-refractivity contribution in [1.29, 1.82) is 0 Å². The number of nitrogens with zero attached hydrogens (tertiary/aromatic N) is 3. The number of aromatic nitrogens is 2. The molecule has 6 heteroatoms. The minimum absolute atomic E-state index is 0.0113. The zero-order chi connectivity index (χ0) is 19.0. The van der Waals surface area contributed by atoms with Crippen molar-refractivity contribution in [2.75, 3.05) is 13.1 Å². The lowest BCUT2D eigenvalue weighted by Crippen LogP contribution is -2.36. The zero-order valence-electron chi connectivity index (χ0n) is 15.1. The summed E-state index contributed by atoms with van der Waals surface area (Å²) in [5.41, 5.74) is 2.09. The molecule has 3 aromatic rings. The first kappa shape index (κ1) is 17.4. The molecular formula is C21H20FN3O2. The van der Waals surface area contributed by atoms with Gasteiger partial charge in [0.05, 0.1) is 11.0 Å². The van der Waals surface area contributed by atoms with E-state index in [1.807, 2.05) is 24.3 Å². The summed E-state index contributed by atoms with van der Waals surface area (Å²) in [6.07, 6.45) is 0.720. The van der Waals surface area contributed by atoms with Crippen LogP contribution in [0.4, 0.5) is 4.39 Å². The van der Waals surface area contributed by atoms with E-state index in [2.05, 4.69) is 4.98 Å². The second kappa shape index (κ2) is 6.95. The fraction of sp³-hybridized carbons (Fsp3) is 0.286. The first-order chi connectivity index (χ1) is 13.0. The van der Waals surface area contributed by atoms with E-state index in [1.165, 1.54) is 10.6 Å². The van der Waals surface area contributed by atoms with Crippen molar-refractivity contribution in [3.05, 3.63) is 76.0 Å². The van der Waals surface area contributed by atoms with Gasteiger partial charge < -0.3 is 4.90 Å². The molecule has 2 aromatic carbocycles. The van der Waals surface area contributed by atoms with E-state index in [-0.39, 0.29) is 29.7 Å². The fourth-order valence-corrected chi connectivity index (χ4v) is 3.76. The van der Waals surface area contributed by atoms with Crippen molar-refractivity contribution in [2.24, 2.45) is 0 Å². The summed E-state index contributed by atoms with van der Waals surface area (Å²) < 4.78 is 15.5. The number of benzene rings is 2. The normalized spacial score (nSPS) is 16.8. The van der Waals surface area contributed by atoms with Gasteiger partial charge >= 0.3 is 0 Å². The molecule has 0 bridgehead atoms. The van der Waals surface area contributed by atoms with Gasteiger partial charge in [0.1, 0.15) is 18.1 Å². The Morgan fingerprint density at radius 1 is 1.19 bits per heavy atom. The molecule has 1 aliphatic heterocycles. The van der Waals surface area contributed by atoms with E-state index in [1.54, 1.807) is 30.0 Å². The van der Waals surface area contributed by atoms with Crippen molar-refractivity contribution in [2.45, 2.75) is 25.8 Å². The lowest BCUT2D eigenvalue weighted by Gasteiger charge is -2.19. The second-order valence-electron chi connectivity index (χ2n) is 6.92. The van der Waals surface area contributed by atoms with Crippen LogP contribution in [0.5, 0.6) is 0 Å². The third kappa shape index (κ3) is 3.23. The maximum atomic E-state index is 14.0. The third-order valence-corrected chi connectivity index (χ3v) is 5.19. The lowest BCUT2D eigenvalue weighted by molar-refractivity contribution is -0.130. The molecule has 0 spiro atoms. The predicted molar refractivity (Wildman–Crippen MR) is 101 cm³/mol. The number of amides is 1. The molecule has 1 unspecified atom stereocenters. The molecule has 138 valence electrons. The van der Waals surface area contributed by atoms with Crippen LogP contribution >= 0.6 is 0 Å². The van der Waals surface area contributed by atoms with Crippen LogP contribution in [0.25, 0.3) is 11.0 Å². The Labute approximate surface area is 156 Å². The molecule has 1 fully saturated rings. The number of rotatable bonds is 3. The Hall–Kier alpha value is -3.02. The van der Waals surface area contributed by atoms with Crippen LogP contribution in [0, 0.1) is 12.7 Å². The summed E-state index contributed by atoms with van der Waals surface area (Å²) in [7, 11) is 0. The van der Waals surface area contributed by atoms with Gasteiger partial charge in [0.15, 0.2) is 0 Å². The highest BCUT2D eigenvalue weighted by Gasteiger charge is 2.29. The van der Waals surface area contributed by atoms with E-state index in [0.717, 1.165) is 6.42 Å². The van der Waals surface area contributed by atoms with E-state index in [9.17, 15) is 14.0 Å². The van der Waals surface area contributed by atoms with Crippen molar-refractivity contribution >= 4 is 16.9 Å². The molecular weight excluding hydrogens is 345 g/mol. The number of fused-ring (bicyclic) bond motifs is 1. The monoisotopic (exact) mass is 365 g/mol. The van der Waals surface area contributed by atoms with Gasteiger partial charge in [-0.05, 0) is 37.1 Å². The van der Waals surface area contributed by atoms with Crippen LogP contribution < -0.4 is 5.56 Å². The third-order valence-electron chi connectivity index (χ3n) is 5.19. The van der Waals surface area contributed by atoms with Gasteiger partial charge in [-0.25, -0.2) is 9.37 Å². The Bertz CT molecular complexity index is 1080. The van der Waals surface area contributed by atoms with E-state index in [4.69, 9.17) is 0 Å². The molecule has 27 heavy (non-hydrogen) atoms. The summed E-state index contributed by atoms with van der Waals surface area (Å²) in [6, 6.07) is 14.0. The molecule has 0 N–H and O–H groups in total. The molecule has 0 aliphatic carbocycles. The van der Waals surface area contributed by atoms with Gasteiger partial charge in [-0.2, -0.15) is 0 Å². The molecule has 2 heterocycles. The van der Waals surface area contributed by atoms with Crippen molar-refractivity contribution in [3.8, 4) is 0 Å². The first-order valence-corrected chi connectivity index (χ1v) is 9.03. The number of aryl methyl sites for hydroxylation is 1. The minimum atomic E-state index is -0.257. The molecule has 4 rings (SSSR count). The Balaban J connectivity index is 1.57. The van der Waals surface area contributed by atoms with Gasteiger partial charge in [0, 0.05) is 19.0 Å². The lowest BCUT2D eigenvalue weighted by atomic mass is 9.98. The van der Waals surface area contributed by atoms with Crippen LogP contribution in [-0.4, -0.2) is 33.4 Å². The van der Waals surface area contributed by atoms with Crippen LogP contribution in [0.1, 0.15) is 23.6 Å². The Morgan fingerprint density at radius 2 is 1.93 bits per heavy atom. The molecule has 0 radical (unpaired) electrons. The minimum Gasteiger partial charge on any atom is -0.341 e. The van der Waals surface area contributed by atoms with Gasteiger partial charge in [0.25, 0.3) is 5.56 Å². The van der Waals surface area contributed by atoms with Gasteiger partial charge in [-0.15, -0.1) is 0 Å². The van der Waals surface area contributed by atoms with Gasteiger partial charge in [-0.3, -0.25) is 14.2 Å². The highest BCUT2D eigenvalue weighted by molar-refractivity contribution is 5.80. The van der Waals surface area contributed by atoms with Crippen molar-refractivity contribution in [1.82, 2.24) is 14.5 Å². The molecule has 5 nitrogen and oxygen atoms in total. The summed E-state index contributed by atoms with van der Waals surface area (Å²) in [6.45, 7) is 2.65. The summed E-state index contributed by atoms with van der Waals surface area (Å²) >= 11 is 0. The predicted octanol–water partition coefficient (Wildman–Crippen LogP) is 2.86. The molecule has 1 aromatic heterocycles. The second-order valence-corrected chi connectivity index (χ2v) is 6.92. The average Bonchev–Trinajstić information content (AvgIpc) is 3.16. The quantitative estimate of drug-likeness (QED) is 0.717. The van der Waals surface area contributed by atoms with Crippen molar-refractivity contribution < 1.29 is 9.18 Å². The summed E-state index contributed by atoms with van der Waals surface area (Å²) in [5, 5.41) is 0. The smallest absolute Gasteiger partial charge is 0.272 e. The maximum absolute atomic E-state index is 14.0. The molecule has 0 saturated carbocycles. The van der Waals surface area contributed by atoms with Crippen LogP contribution in [0.2, 0.25) is 0 Å². The van der Waals surface area contributed by atoms with Gasteiger partial charge in [0.2, 0.25) is 5.91 Å². The number of likely N-dealkylation sites (tertiary alicyclic amines) is 1. The highest BCUT2D eigenvalue weighted by Crippen LogP contribution is 2.29. The number of halogens is 1. The number of hydrogen-bond acceptors (Lipinski definition) is 3. The van der Waals surface area contributed by atoms with E-state index < -0.39 is 0 Å². The maximum Gasteiger partial charge on any atom is 0.272 e. The number of hydrogen-bond donors (Lipinski definition) is 0. The SMILES string of the molecule is Cc1nc2ccccc2n(CC(=O)N2CCC(c3ccccc3F)C2)c1=O. The molecule has 1 aliphatic rings. The number of carbonyl (C=O) groups excluding carboxylic acids is 1. The standard InChI is InChI=1S/C21H20FN3O2/c1-14-21(27)25(19-9-5-4-8-18(19)23-14)13-20(26)24-11-10-15(12-24)16-6-2-3-7-17(16)22/h2-9,15H,10-13H2,1H3. The van der Waals surface area contributed by atoms with Crippen LogP contribution in [0.15, 0.2) is 53.3 Å². The Morgan fingerprint density at radius 3 is 2.74 bits per heavy atom. The number of carbonyl (C=O) groups is 1. The van der Waals surface area contributed by atoms with E-state index in [0.29, 0.717) is 35.4 Å². The molecule has 1 atom stereocenters. The highest BCUT2D eigenvalue weighted by atomic mass is 19.1. The largest absolute Gasteiger partial charge is 0.341 e. The first-order valence-electron chi connectivity index (χ1n) is 9.03. The van der Waals surface area contributed by atoms with E-state index >= 15 is 0 Å².